The molecule has 2 amide bonds. The molecule has 0 N–H and O–H groups in total. The standard InChI is InChI=1S/C27H39N3O3/c1-33-25-10-8-20(9-11-25)26(31)30-15-12-21-18-22(6-7-23(21)19-30)27(32)29-14-3-13-28(16-17-29)24-4-2-5-24/h6-7,18,20,24-25H,2-5,8-17,19H2,1H3. The highest BCUT2D eigenvalue weighted by atomic mass is 16.5. The molecule has 0 aromatic heterocycles. The number of fused-ring (bicyclic) bond motifs is 1. The van der Waals surface area contributed by atoms with Gasteiger partial charge in [0.05, 0.1) is 6.10 Å². The number of rotatable bonds is 4. The van der Waals surface area contributed by atoms with Gasteiger partial charge in [0.2, 0.25) is 5.91 Å². The Kier molecular flexibility index (Phi) is 7.02. The molecule has 6 heteroatoms. The maximum Gasteiger partial charge on any atom is 0.253 e. The summed E-state index contributed by atoms with van der Waals surface area (Å²) >= 11 is 0. The van der Waals surface area contributed by atoms with Crippen LogP contribution in [0.25, 0.3) is 0 Å². The van der Waals surface area contributed by atoms with Gasteiger partial charge in [-0.3, -0.25) is 14.5 Å². The van der Waals surface area contributed by atoms with Gasteiger partial charge in [0.25, 0.3) is 5.91 Å². The van der Waals surface area contributed by atoms with E-state index in [2.05, 4.69) is 21.9 Å². The lowest BCUT2D eigenvalue weighted by Gasteiger charge is -2.36. The third kappa shape index (κ3) is 4.97. The Hall–Kier alpha value is -1.92. The van der Waals surface area contributed by atoms with E-state index >= 15 is 0 Å². The second kappa shape index (κ2) is 10.1. The van der Waals surface area contributed by atoms with E-state index in [0.717, 1.165) is 82.9 Å². The summed E-state index contributed by atoms with van der Waals surface area (Å²) in [6.07, 6.45) is 10.1. The van der Waals surface area contributed by atoms with Crippen LogP contribution in [0.15, 0.2) is 18.2 Å². The largest absolute Gasteiger partial charge is 0.381 e. The van der Waals surface area contributed by atoms with E-state index in [4.69, 9.17) is 4.74 Å². The number of methoxy groups -OCH3 is 1. The molecule has 3 fully saturated rings. The molecule has 0 atom stereocenters. The van der Waals surface area contributed by atoms with E-state index < -0.39 is 0 Å². The molecule has 0 radical (unpaired) electrons. The highest BCUT2D eigenvalue weighted by Gasteiger charge is 2.32. The van der Waals surface area contributed by atoms with Crippen molar-refractivity contribution in [3.05, 3.63) is 34.9 Å². The first-order valence-corrected chi connectivity index (χ1v) is 13.1. The molecular formula is C27H39N3O3. The first kappa shape index (κ1) is 22.9. The van der Waals surface area contributed by atoms with Crippen LogP contribution in [0.5, 0.6) is 0 Å². The number of carbonyl (C=O) groups is 2. The van der Waals surface area contributed by atoms with Crippen LogP contribution in [-0.2, 0) is 22.5 Å². The summed E-state index contributed by atoms with van der Waals surface area (Å²) in [4.78, 5) is 33.0. The third-order valence-electron chi connectivity index (χ3n) is 8.54. The number of benzene rings is 1. The minimum absolute atomic E-state index is 0.140. The molecule has 4 aliphatic rings. The summed E-state index contributed by atoms with van der Waals surface area (Å²) in [5.41, 5.74) is 3.24. The maximum atomic E-state index is 13.3. The molecule has 33 heavy (non-hydrogen) atoms. The lowest BCUT2D eigenvalue weighted by atomic mass is 9.85. The Bertz CT molecular complexity index is 860. The van der Waals surface area contributed by atoms with Crippen LogP contribution in [0.4, 0.5) is 0 Å². The molecule has 1 saturated heterocycles. The minimum Gasteiger partial charge on any atom is -0.381 e. The fourth-order valence-corrected chi connectivity index (χ4v) is 6.12. The second-order valence-corrected chi connectivity index (χ2v) is 10.5. The molecule has 1 aromatic carbocycles. The van der Waals surface area contributed by atoms with Crippen molar-refractivity contribution in [3.63, 3.8) is 0 Å². The number of nitrogens with zero attached hydrogens (tertiary/aromatic N) is 3. The molecule has 180 valence electrons. The maximum absolute atomic E-state index is 13.3. The highest BCUT2D eigenvalue weighted by Crippen LogP contribution is 2.30. The molecule has 0 bridgehead atoms. The predicted octanol–water partition coefficient (Wildman–Crippen LogP) is 3.48. The Labute approximate surface area is 198 Å². The lowest BCUT2D eigenvalue weighted by molar-refractivity contribution is -0.138. The monoisotopic (exact) mass is 453 g/mol. The summed E-state index contributed by atoms with van der Waals surface area (Å²) in [6.45, 7) is 5.24. The van der Waals surface area contributed by atoms with E-state index in [1.165, 1.54) is 30.4 Å². The van der Waals surface area contributed by atoms with Crippen molar-refractivity contribution in [2.24, 2.45) is 5.92 Å². The van der Waals surface area contributed by atoms with Crippen molar-refractivity contribution < 1.29 is 14.3 Å². The zero-order valence-corrected chi connectivity index (χ0v) is 20.1. The number of amides is 2. The van der Waals surface area contributed by atoms with E-state index in [-0.39, 0.29) is 11.8 Å². The number of hydrogen-bond acceptors (Lipinski definition) is 4. The molecule has 6 nitrogen and oxygen atoms in total. The Morgan fingerprint density at radius 1 is 0.848 bits per heavy atom. The smallest absolute Gasteiger partial charge is 0.253 e. The molecule has 0 spiro atoms. The van der Waals surface area contributed by atoms with Crippen LogP contribution < -0.4 is 0 Å². The quantitative estimate of drug-likeness (QED) is 0.701. The minimum atomic E-state index is 0.140. The van der Waals surface area contributed by atoms with Crippen LogP contribution in [0.2, 0.25) is 0 Å². The molecule has 1 aromatic rings. The summed E-state index contributed by atoms with van der Waals surface area (Å²) < 4.78 is 5.46. The molecule has 5 rings (SSSR count). The lowest BCUT2D eigenvalue weighted by Crippen LogP contribution is -2.43. The predicted molar refractivity (Wildman–Crippen MR) is 128 cm³/mol. The first-order chi connectivity index (χ1) is 16.1. The zero-order chi connectivity index (χ0) is 22.8. The van der Waals surface area contributed by atoms with Crippen molar-refractivity contribution in [3.8, 4) is 0 Å². The highest BCUT2D eigenvalue weighted by molar-refractivity contribution is 5.94. The van der Waals surface area contributed by atoms with Gasteiger partial charge in [0, 0.05) is 63.9 Å². The average Bonchev–Trinajstić information content (AvgIpc) is 3.07. The third-order valence-corrected chi connectivity index (χ3v) is 8.54. The van der Waals surface area contributed by atoms with Crippen LogP contribution >= 0.6 is 0 Å². The van der Waals surface area contributed by atoms with Crippen LogP contribution in [0.1, 0.15) is 72.9 Å². The fourth-order valence-electron chi connectivity index (χ4n) is 6.12. The van der Waals surface area contributed by atoms with Crippen molar-refractivity contribution >= 4 is 11.8 Å². The van der Waals surface area contributed by atoms with Crippen molar-refractivity contribution in [2.75, 3.05) is 39.8 Å². The van der Waals surface area contributed by atoms with Gasteiger partial charge in [-0.25, -0.2) is 0 Å². The van der Waals surface area contributed by atoms with E-state index in [9.17, 15) is 9.59 Å². The number of ether oxygens (including phenoxy) is 1. The molecule has 0 unspecified atom stereocenters. The molecule has 2 aliphatic heterocycles. The van der Waals surface area contributed by atoms with Crippen LogP contribution in [-0.4, -0.2) is 78.5 Å². The first-order valence-electron chi connectivity index (χ1n) is 13.1. The van der Waals surface area contributed by atoms with E-state index in [1.54, 1.807) is 7.11 Å². The van der Waals surface area contributed by atoms with Gasteiger partial charge < -0.3 is 14.5 Å². The number of carbonyl (C=O) groups excluding carboxylic acids is 2. The van der Waals surface area contributed by atoms with Gasteiger partial charge in [-0.15, -0.1) is 0 Å². The normalized spacial score (nSPS) is 26.9. The Morgan fingerprint density at radius 2 is 1.67 bits per heavy atom. The topological polar surface area (TPSA) is 53.1 Å². The molecule has 2 heterocycles. The summed E-state index contributed by atoms with van der Waals surface area (Å²) in [6, 6.07) is 6.91. The Morgan fingerprint density at radius 3 is 2.39 bits per heavy atom. The van der Waals surface area contributed by atoms with E-state index in [1.807, 2.05) is 11.0 Å². The molecular weight excluding hydrogens is 414 g/mol. The Balaban J connectivity index is 1.18. The van der Waals surface area contributed by atoms with E-state index in [0.29, 0.717) is 18.6 Å². The second-order valence-electron chi connectivity index (χ2n) is 10.5. The van der Waals surface area contributed by atoms with Crippen LogP contribution in [0.3, 0.4) is 0 Å². The fraction of sp³-hybridized carbons (Fsp3) is 0.704. The van der Waals surface area contributed by atoms with Crippen LogP contribution in [0, 0.1) is 5.92 Å². The average molecular weight is 454 g/mol. The van der Waals surface area contributed by atoms with Crippen molar-refractivity contribution in [2.45, 2.75) is 76.5 Å². The van der Waals surface area contributed by atoms with Crippen molar-refractivity contribution in [1.82, 2.24) is 14.7 Å². The van der Waals surface area contributed by atoms with Gasteiger partial charge in [0.15, 0.2) is 0 Å². The summed E-state index contributed by atoms with van der Waals surface area (Å²) in [7, 11) is 1.77. The van der Waals surface area contributed by atoms with Gasteiger partial charge in [-0.2, -0.15) is 0 Å². The van der Waals surface area contributed by atoms with Gasteiger partial charge in [0.1, 0.15) is 0 Å². The van der Waals surface area contributed by atoms with Gasteiger partial charge in [-0.1, -0.05) is 12.5 Å². The summed E-state index contributed by atoms with van der Waals surface area (Å²) in [5, 5.41) is 0. The zero-order valence-electron chi connectivity index (χ0n) is 20.1. The van der Waals surface area contributed by atoms with Crippen molar-refractivity contribution in [1.29, 1.82) is 0 Å². The molecule has 2 aliphatic carbocycles. The van der Waals surface area contributed by atoms with Gasteiger partial charge >= 0.3 is 0 Å². The SMILES string of the molecule is COC1CCC(C(=O)N2CCc3cc(C(=O)N4CCCN(C5CCC5)CC4)ccc3C2)CC1. The van der Waals surface area contributed by atoms with Gasteiger partial charge in [-0.05, 0) is 74.6 Å². The molecule has 2 saturated carbocycles. The summed E-state index contributed by atoms with van der Waals surface area (Å²) in [5.74, 6) is 0.610. The number of hydrogen-bond donors (Lipinski definition) is 0.